The Morgan fingerprint density at radius 2 is 1.44 bits per heavy atom. The average Bonchev–Trinajstić information content (AvgIpc) is 3.01. The summed E-state index contributed by atoms with van der Waals surface area (Å²) >= 11 is 0. The molecule has 4 nitrogen and oxygen atoms in total. The number of piperazine rings is 1. The molecular formula is C35H45F6N3O. The molecule has 3 aliphatic rings. The first kappa shape index (κ1) is 33.8. The van der Waals surface area contributed by atoms with E-state index in [9.17, 15) is 31.1 Å². The number of alkyl halides is 6. The van der Waals surface area contributed by atoms with Crippen LogP contribution in [0.25, 0.3) is 0 Å². The Balaban J connectivity index is 1.32. The number of piperidine rings is 1. The Hall–Kier alpha value is -2.59. The zero-order chi connectivity index (χ0) is 32.4. The normalized spacial score (nSPS) is 23.0. The molecule has 0 unspecified atom stereocenters. The average molecular weight is 638 g/mol. The molecule has 0 radical (unpaired) electrons. The van der Waals surface area contributed by atoms with Crippen LogP contribution < -0.4 is 0 Å². The lowest BCUT2D eigenvalue weighted by Gasteiger charge is -2.46. The van der Waals surface area contributed by atoms with Crippen molar-refractivity contribution in [2.24, 2.45) is 0 Å². The van der Waals surface area contributed by atoms with Gasteiger partial charge in [0.1, 0.15) is 0 Å². The lowest BCUT2D eigenvalue weighted by molar-refractivity contribution is -0.143. The number of halogens is 6. The van der Waals surface area contributed by atoms with Gasteiger partial charge in [0.2, 0.25) is 5.91 Å². The standard InChI is InChI=1S/C35H45F6N3O/c1-25-9-10-28(19-26(25)2)33(12-14-42-15-17-43(18-16-42)31-7-4-3-5-8-31)11-6-13-44(24-33)32(45)22-27-20-29(34(36,37)38)23-30(21-27)35(39,40)41/h9-10,19-21,23,31H,3-8,11-18,22,24H2,1-2H3/t33-/m1/s1. The van der Waals surface area contributed by atoms with Crippen molar-refractivity contribution in [3.63, 3.8) is 0 Å². The Morgan fingerprint density at radius 1 is 0.800 bits per heavy atom. The number of hydrogen-bond acceptors (Lipinski definition) is 3. The largest absolute Gasteiger partial charge is 0.416 e. The van der Waals surface area contributed by atoms with E-state index >= 15 is 0 Å². The molecule has 10 heteroatoms. The number of carbonyl (C=O) groups excluding carboxylic acids is 1. The maximum absolute atomic E-state index is 13.6. The Bertz CT molecular complexity index is 1300. The third-order valence-electron chi connectivity index (χ3n) is 10.5. The van der Waals surface area contributed by atoms with E-state index in [0.717, 1.165) is 56.7 Å². The van der Waals surface area contributed by atoms with Crippen LogP contribution in [0.5, 0.6) is 0 Å². The van der Waals surface area contributed by atoms with E-state index < -0.39 is 35.8 Å². The second kappa shape index (κ2) is 13.6. The third-order valence-corrected chi connectivity index (χ3v) is 10.5. The second-order valence-corrected chi connectivity index (χ2v) is 13.5. The highest BCUT2D eigenvalue weighted by molar-refractivity contribution is 5.79. The Labute approximate surface area is 262 Å². The summed E-state index contributed by atoms with van der Waals surface area (Å²) in [6.45, 7) is 9.92. The Morgan fingerprint density at radius 3 is 2.04 bits per heavy atom. The minimum absolute atomic E-state index is 0.106. The summed E-state index contributed by atoms with van der Waals surface area (Å²) < 4.78 is 80.8. The number of rotatable bonds is 7. The van der Waals surface area contributed by atoms with Crippen molar-refractivity contribution in [2.45, 2.75) is 95.4 Å². The first-order valence-electron chi connectivity index (χ1n) is 16.3. The Kier molecular flexibility index (Phi) is 10.2. The molecule has 45 heavy (non-hydrogen) atoms. The van der Waals surface area contributed by atoms with Crippen molar-refractivity contribution >= 4 is 5.91 Å². The van der Waals surface area contributed by atoms with E-state index in [0.29, 0.717) is 37.7 Å². The molecule has 2 aromatic carbocycles. The molecule has 0 aromatic heterocycles. The SMILES string of the molecule is Cc1ccc([C@@]2(CCN3CCN(C4CCCCC4)CC3)CCCN(C(=O)Cc3cc(C(F)(F)F)cc(C(F)(F)F)c3)C2)cc1C. The molecule has 1 saturated carbocycles. The van der Waals surface area contributed by atoms with E-state index in [-0.39, 0.29) is 17.0 Å². The van der Waals surface area contributed by atoms with Gasteiger partial charge in [-0.05, 0) is 92.9 Å². The van der Waals surface area contributed by atoms with Gasteiger partial charge < -0.3 is 9.80 Å². The fourth-order valence-corrected chi connectivity index (χ4v) is 7.58. The summed E-state index contributed by atoms with van der Waals surface area (Å²) in [6.07, 6.45) is -1.47. The van der Waals surface area contributed by atoms with E-state index in [1.165, 1.54) is 37.7 Å². The maximum Gasteiger partial charge on any atom is 0.416 e. The predicted molar refractivity (Wildman–Crippen MR) is 163 cm³/mol. The van der Waals surface area contributed by atoms with E-state index in [2.05, 4.69) is 41.8 Å². The van der Waals surface area contributed by atoms with Gasteiger partial charge in [0.15, 0.2) is 0 Å². The zero-order valence-corrected chi connectivity index (χ0v) is 26.4. The first-order chi connectivity index (χ1) is 21.2. The van der Waals surface area contributed by atoms with Gasteiger partial charge in [0.25, 0.3) is 0 Å². The fourth-order valence-electron chi connectivity index (χ4n) is 7.58. The summed E-state index contributed by atoms with van der Waals surface area (Å²) in [5.41, 5.74) is 0.0422. The third kappa shape index (κ3) is 8.23. The van der Waals surface area contributed by atoms with Crippen LogP contribution in [0.1, 0.15) is 84.7 Å². The van der Waals surface area contributed by atoms with Gasteiger partial charge in [-0.15, -0.1) is 0 Å². The van der Waals surface area contributed by atoms with E-state index in [1.807, 2.05) is 0 Å². The van der Waals surface area contributed by atoms with Crippen molar-refractivity contribution in [1.82, 2.24) is 14.7 Å². The number of benzene rings is 2. The van der Waals surface area contributed by atoms with E-state index in [4.69, 9.17) is 0 Å². The minimum Gasteiger partial charge on any atom is -0.342 e. The van der Waals surface area contributed by atoms with Gasteiger partial charge in [0, 0.05) is 50.7 Å². The maximum atomic E-state index is 13.6. The lowest BCUT2D eigenvalue weighted by atomic mass is 9.71. The molecule has 1 amide bonds. The van der Waals surface area contributed by atoms with Gasteiger partial charge >= 0.3 is 12.4 Å². The molecule has 0 spiro atoms. The molecule has 2 aromatic rings. The van der Waals surface area contributed by atoms with Gasteiger partial charge in [0.05, 0.1) is 17.5 Å². The number of aryl methyl sites for hydroxylation is 2. The lowest BCUT2D eigenvalue weighted by Crippen LogP contribution is -2.53. The number of amides is 1. The molecular weight excluding hydrogens is 592 g/mol. The fraction of sp³-hybridized carbons (Fsp3) is 0.629. The molecule has 1 aliphatic carbocycles. The summed E-state index contributed by atoms with van der Waals surface area (Å²) in [5, 5.41) is 0. The molecule has 2 heterocycles. The molecule has 3 fully saturated rings. The van der Waals surface area contributed by atoms with Crippen molar-refractivity contribution in [3.05, 3.63) is 69.8 Å². The number of nitrogens with zero attached hydrogens (tertiary/aromatic N) is 3. The topological polar surface area (TPSA) is 26.8 Å². The highest BCUT2D eigenvalue weighted by Gasteiger charge is 2.40. The van der Waals surface area contributed by atoms with Crippen LogP contribution in [-0.4, -0.2) is 72.5 Å². The van der Waals surface area contributed by atoms with Crippen LogP contribution in [0, 0.1) is 13.8 Å². The molecule has 248 valence electrons. The number of likely N-dealkylation sites (tertiary alicyclic amines) is 1. The van der Waals surface area contributed by atoms with Crippen LogP contribution in [0.15, 0.2) is 36.4 Å². The first-order valence-corrected chi connectivity index (χ1v) is 16.3. The van der Waals surface area contributed by atoms with Gasteiger partial charge in [-0.2, -0.15) is 26.3 Å². The van der Waals surface area contributed by atoms with Crippen LogP contribution in [-0.2, 0) is 29.0 Å². The van der Waals surface area contributed by atoms with E-state index in [1.54, 1.807) is 4.90 Å². The molecule has 1 atom stereocenters. The molecule has 5 rings (SSSR count). The van der Waals surface area contributed by atoms with Crippen LogP contribution in [0.3, 0.4) is 0 Å². The quantitative estimate of drug-likeness (QED) is 0.290. The molecule has 2 saturated heterocycles. The van der Waals surface area contributed by atoms with Crippen molar-refractivity contribution in [2.75, 3.05) is 45.8 Å². The number of carbonyl (C=O) groups is 1. The summed E-state index contributed by atoms with van der Waals surface area (Å²) in [7, 11) is 0. The predicted octanol–water partition coefficient (Wildman–Crippen LogP) is 7.78. The summed E-state index contributed by atoms with van der Waals surface area (Å²) in [4.78, 5) is 20.4. The molecule has 2 aliphatic heterocycles. The highest BCUT2D eigenvalue weighted by atomic mass is 19.4. The molecule has 0 N–H and O–H groups in total. The number of hydrogen-bond donors (Lipinski definition) is 0. The van der Waals surface area contributed by atoms with Crippen LogP contribution >= 0.6 is 0 Å². The van der Waals surface area contributed by atoms with Crippen molar-refractivity contribution in [3.8, 4) is 0 Å². The zero-order valence-electron chi connectivity index (χ0n) is 26.4. The summed E-state index contributed by atoms with van der Waals surface area (Å²) in [6, 6.07) is 8.55. The molecule has 0 bridgehead atoms. The van der Waals surface area contributed by atoms with Gasteiger partial charge in [-0.1, -0.05) is 37.5 Å². The van der Waals surface area contributed by atoms with Gasteiger partial charge in [-0.3, -0.25) is 9.69 Å². The van der Waals surface area contributed by atoms with Crippen molar-refractivity contribution in [1.29, 1.82) is 0 Å². The van der Waals surface area contributed by atoms with Gasteiger partial charge in [-0.25, -0.2) is 0 Å². The monoisotopic (exact) mass is 637 g/mol. The highest BCUT2D eigenvalue weighted by Crippen LogP contribution is 2.40. The minimum atomic E-state index is -4.95. The van der Waals surface area contributed by atoms with Crippen LogP contribution in [0.2, 0.25) is 0 Å². The second-order valence-electron chi connectivity index (χ2n) is 13.5. The smallest absolute Gasteiger partial charge is 0.342 e. The van der Waals surface area contributed by atoms with Crippen LogP contribution in [0.4, 0.5) is 26.3 Å². The van der Waals surface area contributed by atoms with Crippen molar-refractivity contribution < 1.29 is 31.1 Å². The summed E-state index contributed by atoms with van der Waals surface area (Å²) in [5.74, 6) is -0.448.